The Bertz CT molecular complexity index is 938. The van der Waals surface area contributed by atoms with E-state index >= 15 is 0 Å². The number of hydrogen-bond acceptors (Lipinski definition) is 4. The lowest BCUT2D eigenvalue weighted by atomic mass is 10.3. The van der Waals surface area contributed by atoms with Gasteiger partial charge in [-0.15, -0.1) is 11.3 Å². The van der Waals surface area contributed by atoms with E-state index in [4.69, 9.17) is 0 Å². The number of nitrogens with zero attached hydrogens (tertiary/aromatic N) is 2. The summed E-state index contributed by atoms with van der Waals surface area (Å²) in [6, 6.07) is 7.98. The van der Waals surface area contributed by atoms with Gasteiger partial charge in [-0.3, -0.25) is 4.68 Å². The Kier molecular flexibility index (Phi) is 4.74. The van der Waals surface area contributed by atoms with Gasteiger partial charge in [0.15, 0.2) is 0 Å². The van der Waals surface area contributed by atoms with E-state index in [0.717, 1.165) is 22.7 Å². The number of aromatic nitrogens is 2. The summed E-state index contributed by atoms with van der Waals surface area (Å²) >= 11 is 1.55. The smallest absolute Gasteiger partial charge is 0.243 e. The van der Waals surface area contributed by atoms with Gasteiger partial charge in [0.1, 0.15) is 22.2 Å². The molecule has 3 aromatic rings. The van der Waals surface area contributed by atoms with Crippen molar-refractivity contribution in [3.63, 3.8) is 0 Å². The zero-order valence-corrected chi connectivity index (χ0v) is 13.9. The minimum atomic E-state index is -4.12. The summed E-state index contributed by atoms with van der Waals surface area (Å²) in [7, 11) is -4.12. The van der Waals surface area contributed by atoms with Crippen LogP contribution in [-0.4, -0.2) is 24.7 Å². The maximum atomic E-state index is 13.6. The number of thiophene rings is 1. The minimum absolute atomic E-state index is 0.00382. The SMILES string of the molecule is O=S(=O)(NCCn1ccc(-c2cccs2)n1)c1cc(F)ccc1F. The van der Waals surface area contributed by atoms with Crippen LogP contribution in [0.1, 0.15) is 0 Å². The lowest BCUT2D eigenvalue weighted by molar-refractivity contribution is 0.538. The van der Waals surface area contributed by atoms with Gasteiger partial charge in [0, 0.05) is 12.7 Å². The number of sulfonamides is 1. The first-order valence-corrected chi connectivity index (χ1v) is 9.34. The van der Waals surface area contributed by atoms with Crippen molar-refractivity contribution in [2.75, 3.05) is 6.54 Å². The standard InChI is InChI=1S/C15H13F2N3O2S2/c16-11-3-4-12(17)15(10-11)24(21,22)18-6-8-20-7-5-13(19-20)14-2-1-9-23-14/h1-5,7,9-10,18H,6,8H2. The molecule has 3 rings (SSSR count). The van der Waals surface area contributed by atoms with Crippen molar-refractivity contribution >= 4 is 21.4 Å². The lowest BCUT2D eigenvalue weighted by Crippen LogP contribution is -2.28. The summed E-state index contributed by atoms with van der Waals surface area (Å²) in [5.74, 6) is -1.81. The first-order chi connectivity index (χ1) is 11.5. The zero-order valence-electron chi connectivity index (χ0n) is 12.3. The average molecular weight is 369 g/mol. The summed E-state index contributed by atoms with van der Waals surface area (Å²) in [6.45, 7) is 0.269. The van der Waals surface area contributed by atoms with Crippen molar-refractivity contribution in [1.82, 2.24) is 14.5 Å². The summed E-state index contributed by atoms with van der Waals surface area (Å²) < 4.78 is 54.6. The molecule has 2 heterocycles. The van der Waals surface area contributed by atoms with E-state index in [-0.39, 0.29) is 13.1 Å². The number of rotatable bonds is 6. The van der Waals surface area contributed by atoms with Gasteiger partial charge in [-0.05, 0) is 35.7 Å². The third-order valence-corrected chi connectivity index (χ3v) is 5.60. The van der Waals surface area contributed by atoms with Gasteiger partial charge in [-0.25, -0.2) is 21.9 Å². The summed E-state index contributed by atoms with van der Waals surface area (Å²) in [5.41, 5.74) is 0.795. The Morgan fingerprint density at radius 2 is 2.04 bits per heavy atom. The second kappa shape index (κ2) is 6.80. The Morgan fingerprint density at radius 1 is 1.21 bits per heavy atom. The van der Waals surface area contributed by atoms with Gasteiger partial charge in [-0.1, -0.05) is 6.07 Å². The van der Waals surface area contributed by atoms with Crippen molar-refractivity contribution in [2.45, 2.75) is 11.4 Å². The third-order valence-electron chi connectivity index (χ3n) is 3.23. The highest BCUT2D eigenvalue weighted by Crippen LogP contribution is 2.22. The monoisotopic (exact) mass is 369 g/mol. The average Bonchev–Trinajstić information content (AvgIpc) is 3.20. The molecule has 0 aliphatic rings. The van der Waals surface area contributed by atoms with Crippen molar-refractivity contribution < 1.29 is 17.2 Å². The normalized spacial score (nSPS) is 11.8. The van der Waals surface area contributed by atoms with E-state index in [1.54, 1.807) is 22.2 Å². The highest BCUT2D eigenvalue weighted by molar-refractivity contribution is 7.89. The predicted octanol–water partition coefficient (Wildman–Crippen LogP) is 2.87. The van der Waals surface area contributed by atoms with Gasteiger partial charge in [0.05, 0.1) is 11.4 Å². The van der Waals surface area contributed by atoms with E-state index in [0.29, 0.717) is 6.07 Å². The van der Waals surface area contributed by atoms with Crippen LogP contribution in [0.2, 0.25) is 0 Å². The fourth-order valence-electron chi connectivity index (χ4n) is 2.10. The van der Waals surface area contributed by atoms with Gasteiger partial charge >= 0.3 is 0 Å². The lowest BCUT2D eigenvalue weighted by Gasteiger charge is -2.08. The van der Waals surface area contributed by atoms with Crippen LogP contribution in [-0.2, 0) is 16.6 Å². The summed E-state index contributed by atoms with van der Waals surface area (Å²) in [5, 5.41) is 6.28. The van der Waals surface area contributed by atoms with Crippen LogP contribution in [0, 0.1) is 11.6 Å². The second-order valence-corrected chi connectivity index (χ2v) is 7.60. The number of halogens is 2. The zero-order chi connectivity index (χ0) is 17.2. The van der Waals surface area contributed by atoms with Crippen LogP contribution < -0.4 is 4.72 Å². The first-order valence-electron chi connectivity index (χ1n) is 6.98. The van der Waals surface area contributed by atoms with Crippen LogP contribution in [0.3, 0.4) is 0 Å². The maximum absolute atomic E-state index is 13.6. The van der Waals surface area contributed by atoms with Crippen LogP contribution in [0.4, 0.5) is 8.78 Å². The van der Waals surface area contributed by atoms with E-state index in [9.17, 15) is 17.2 Å². The van der Waals surface area contributed by atoms with Gasteiger partial charge in [0.2, 0.25) is 10.0 Å². The van der Waals surface area contributed by atoms with E-state index < -0.39 is 26.6 Å². The molecule has 1 aromatic carbocycles. The largest absolute Gasteiger partial charge is 0.271 e. The van der Waals surface area contributed by atoms with Gasteiger partial charge in [0.25, 0.3) is 0 Å². The fraction of sp³-hybridized carbons (Fsp3) is 0.133. The van der Waals surface area contributed by atoms with Gasteiger partial charge in [-0.2, -0.15) is 5.10 Å². The molecule has 24 heavy (non-hydrogen) atoms. The van der Waals surface area contributed by atoms with E-state index in [1.807, 2.05) is 23.6 Å². The molecule has 1 N–H and O–H groups in total. The van der Waals surface area contributed by atoms with Crippen molar-refractivity contribution in [3.05, 3.63) is 59.6 Å². The van der Waals surface area contributed by atoms with Crippen molar-refractivity contribution in [3.8, 4) is 10.6 Å². The molecule has 2 aromatic heterocycles. The minimum Gasteiger partial charge on any atom is -0.271 e. The molecule has 0 bridgehead atoms. The van der Waals surface area contributed by atoms with Crippen LogP contribution in [0.25, 0.3) is 10.6 Å². The molecule has 9 heteroatoms. The molecular formula is C15H13F2N3O2S2. The van der Waals surface area contributed by atoms with E-state index in [2.05, 4.69) is 9.82 Å². The molecule has 0 radical (unpaired) electrons. The Labute approximate surface area is 141 Å². The molecule has 0 aliphatic carbocycles. The third kappa shape index (κ3) is 3.69. The molecule has 0 spiro atoms. The topological polar surface area (TPSA) is 64.0 Å². The molecule has 0 amide bonds. The molecule has 0 saturated heterocycles. The Morgan fingerprint density at radius 3 is 2.79 bits per heavy atom. The molecule has 0 aliphatic heterocycles. The molecule has 126 valence electrons. The number of nitrogens with one attached hydrogen (secondary N) is 1. The molecule has 5 nitrogen and oxygen atoms in total. The molecular weight excluding hydrogens is 356 g/mol. The maximum Gasteiger partial charge on any atom is 0.243 e. The van der Waals surface area contributed by atoms with Crippen molar-refractivity contribution in [2.24, 2.45) is 0 Å². The molecule has 0 atom stereocenters. The van der Waals surface area contributed by atoms with Crippen LogP contribution in [0.5, 0.6) is 0 Å². The summed E-state index contributed by atoms with van der Waals surface area (Å²) in [4.78, 5) is 0.304. The predicted molar refractivity (Wildman–Crippen MR) is 87.1 cm³/mol. The number of hydrogen-bond donors (Lipinski definition) is 1. The van der Waals surface area contributed by atoms with Gasteiger partial charge < -0.3 is 0 Å². The highest BCUT2D eigenvalue weighted by Gasteiger charge is 2.19. The van der Waals surface area contributed by atoms with Crippen LogP contribution in [0.15, 0.2) is 52.9 Å². The molecule has 0 fully saturated rings. The van der Waals surface area contributed by atoms with E-state index in [1.165, 1.54) is 0 Å². The van der Waals surface area contributed by atoms with Crippen LogP contribution >= 0.6 is 11.3 Å². The fourth-order valence-corrected chi connectivity index (χ4v) is 3.90. The second-order valence-electron chi connectivity index (χ2n) is 4.91. The molecule has 0 unspecified atom stereocenters. The summed E-state index contributed by atoms with van der Waals surface area (Å²) in [6.07, 6.45) is 1.73. The number of benzene rings is 1. The quantitative estimate of drug-likeness (QED) is 0.727. The highest BCUT2D eigenvalue weighted by atomic mass is 32.2. The first kappa shape index (κ1) is 16.7. The molecule has 0 saturated carbocycles. The van der Waals surface area contributed by atoms with Crippen molar-refractivity contribution in [1.29, 1.82) is 0 Å². The Hall–Kier alpha value is -2.10. The Balaban J connectivity index is 1.64.